The summed E-state index contributed by atoms with van der Waals surface area (Å²) in [4.78, 5) is 2.51. The first-order valence-electron chi connectivity index (χ1n) is 15.5. The highest BCUT2D eigenvalue weighted by Gasteiger charge is 2.37. The summed E-state index contributed by atoms with van der Waals surface area (Å²) >= 11 is 1.89. The molecule has 1 aromatic heterocycles. The van der Waals surface area contributed by atoms with Crippen molar-refractivity contribution in [3.63, 3.8) is 0 Å². The maximum atomic E-state index is 2.51. The molecule has 0 bridgehead atoms. The molecule has 212 valence electrons. The van der Waals surface area contributed by atoms with Gasteiger partial charge in [0.25, 0.3) is 0 Å². The largest absolute Gasteiger partial charge is 0.309 e. The number of thiophene rings is 1. The molecule has 2 aliphatic rings. The SMILES string of the molecule is CC1(C)c2ccccc2-c2cc(N(c3ccc4c(c3)C(C)(C)c3ccccc3-4)c3cccc4c3sc3ccccc34)ccc21. The molecule has 1 heterocycles. The zero-order valence-corrected chi connectivity index (χ0v) is 26.3. The van der Waals surface area contributed by atoms with Crippen LogP contribution in [-0.2, 0) is 10.8 Å². The van der Waals surface area contributed by atoms with Crippen LogP contribution in [0.1, 0.15) is 49.9 Å². The van der Waals surface area contributed by atoms with Crippen LogP contribution in [0.15, 0.2) is 127 Å². The smallest absolute Gasteiger partial charge is 0.0640 e. The van der Waals surface area contributed by atoms with E-state index in [2.05, 4.69) is 160 Å². The van der Waals surface area contributed by atoms with Crippen LogP contribution in [0.5, 0.6) is 0 Å². The number of hydrogen-bond acceptors (Lipinski definition) is 2. The zero-order chi connectivity index (χ0) is 29.8. The second kappa shape index (κ2) is 8.94. The van der Waals surface area contributed by atoms with E-state index in [9.17, 15) is 0 Å². The van der Waals surface area contributed by atoms with Crippen molar-refractivity contribution in [1.82, 2.24) is 0 Å². The molecule has 0 fully saturated rings. The van der Waals surface area contributed by atoms with E-state index in [1.165, 1.54) is 81.7 Å². The summed E-state index contributed by atoms with van der Waals surface area (Å²) in [5.41, 5.74) is 14.5. The van der Waals surface area contributed by atoms with Crippen molar-refractivity contribution in [2.24, 2.45) is 0 Å². The Kier molecular flexibility index (Phi) is 5.24. The molecule has 0 radical (unpaired) electrons. The van der Waals surface area contributed by atoms with E-state index in [4.69, 9.17) is 0 Å². The van der Waals surface area contributed by atoms with Crippen molar-refractivity contribution < 1.29 is 0 Å². The van der Waals surface area contributed by atoms with Gasteiger partial charge in [-0.1, -0.05) is 119 Å². The molecule has 0 saturated carbocycles. The number of fused-ring (bicyclic) bond motifs is 9. The van der Waals surface area contributed by atoms with Crippen LogP contribution in [0.25, 0.3) is 42.4 Å². The fraction of sp³-hybridized carbons (Fsp3) is 0.143. The van der Waals surface area contributed by atoms with E-state index in [1.807, 2.05) is 11.3 Å². The van der Waals surface area contributed by atoms with Crippen molar-refractivity contribution in [3.8, 4) is 22.3 Å². The maximum absolute atomic E-state index is 2.51. The third-order valence-corrected chi connectivity index (χ3v) is 11.5. The van der Waals surface area contributed by atoms with Gasteiger partial charge in [0.2, 0.25) is 0 Å². The van der Waals surface area contributed by atoms with Gasteiger partial charge in [-0.2, -0.15) is 0 Å². The molecule has 0 saturated heterocycles. The van der Waals surface area contributed by atoms with E-state index in [0.29, 0.717) is 0 Å². The summed E-state index contributed by atoms with van der Waals surface area (Å²) in [6, 6.07) is 47.7. The molecular formula is C42H33NS. The van der Waals surface area contributed by atoms with Crippen molar-refractivity contribution in [1.29, 1.82) is 0 Å². The van der Waals surface area contributed by atoms with Crippen molar-refractivity contribution in [3.05, 3.63) is 150 Å². The molecule has 6 aromatic carbocycles. The molecular weight excluding hydrogens is 551 g/mol. The lowest BCUT2D eigenvalue weighted by Gasteiger charge is -2.29. The molecule has 0 unspecified atom stereocenters. The zero-order valence-electron chi connectivity index (χ0n) is 25.5. The van der Waals surface area contributed by atoms with Gasteiger partial charge in [-0.25, -0.2) is 0 Å². The van der Waals surface area contributed by atoms with Crippen molar-refractivity contribution in [2.75, 3.05) is 4.90 Å². The predicted molar refractivity (Wildman–Crippen MR) is 189 cm³/mol. The van der Waals surface area contributed by atoms with E-state index in [1.54, 1.807) is 0 Å². The van der Waals surface area contributed by atoms with Gasteiger partial charge in [0.1, 0.15) is 0 Å². The minimum atomic E-state index is -0.0713. The number of rotatable bonds is 3. The molecule has 2 aliphatic carbocycles. The minimum Gasteiger partial charge on any atom is -0.309 e. The third kappa shape index (κ3) is 3.41. The quantitative estimate of drug-likeness (QED) is 0.200. The van der Waals surface area contributed by atoms with Gasteiger partial charge in [-0.15, -0.1) is 11.3 Å². The molecule has 7 aromatic rings. The molecule has 2 heteroatoms. The Labute approximate surface area is 263 Å². The summed E-state index contributed by atoms with van der Waals surface area (Å²) in [6.07, 6.45) is 0. The van der Waals surface area contributed by atoms with E-state index < -0.39 is 0 Å². The Hall–Kier alpha value is -4.66. The Morgan fingerprint density at radius 1 is 0.455 bits per heavy atom. The van der Waals surface area contributed by atoms with Crippen molar-refractivity contribution in [2.45, 2.75) is 38.5 Å². The Morgan fingerprint density at radius 2 is 1.02 bits per heavy atom. The van der Waals surface area contributed by atoms with Gasteiger partial charge in [0.05, 0.1) is 10.4 Å². The summed E-state index contributed by atoms with van der Waals surface area (Å²) in [5, 5.41) is 2.64. The van der Waals surface area contributed by atoms with Crippen LogP contribution in [0.4, 0.5) is 17.1 Å². The second-order valence-corrected chi connectivity index (χ2v) is 14.4. The highest BCUT2D eigenvalue weighted by molar-refractivity contribution is 7.26. The molecule has 0 amide bonds. The first-order chi connectivity index (χ1) is 21.3. The highest BCUT2D eigenvalue weighted by atomic mass is 32.1. The van der Waals surface area contributed by atoms with Crippen LogP contribution in [-0.4, -0.2) is 0 Å². The monoisotopic (exact) mass is 583 g/mol. The summed E-state index contributed by atoms with van der Waals surface area (Å²) in [7, 11) is 0. The first kappa shape index (κ1) is 25.8. The average Bonchev–Trinajstić information content (AvgIpc) is 3.62. The van der Waals surface area contributed by atoms with Gasteiger partial charge >= 0.3 is 0 Å². The maximum Gasteiger partial charge on any atom is 0.0640 e. The molecule has 0 N–H and O–H groups in total. The molecule has 0 aliphatic heterocycles. The van der Waals surface area contributed by atoms with Crippen LogP contribution in [0, 0.1) is 0 Å². The summed E-state index contributed by atoms with van der Waals surface area (Å²) in [6.45, 7) is 9.44. The van der Waals surface area contributed by atoms with Crippen LogP contribution in [0.3, 0.4) is 0 Å². The van der Waals surface area contributed by atoms with Gasteiger partial charge in [0.15, 0.2) is 0 Å². The van der Waals surface area contributed by atoms with E-state index >= 15 is 0 Å². The topological polar surface area (TPSA) is 3.24 Å². The highest BCUT2D eigenvalue weighted by Crippen LogP contribution is 2.54. The fourth-order valence-corrected chi connectivity index (χ4v) is 9.22. The lowest BCUT2D eigenvalue weighted by Crippen LogP contribution is -2.17. The summed E-state index contributed by atoms with van der Waals surface area (Å²) < 4.78 is 2.64. The lowest BCUT2D eigenvalue weighted by molar-refractivity contribution is 0.660. The average molecular weight is 584 g/mol. The second-order valence-electron chi connectivity index (χ2n) is 13.4. The standard InChI is InChI=1S/C42H33NS/c1-41(2)35-17-9-6-13-29(35)33-24-26(21-23-36(33)41)43(38-18-11-15-32-31-14-7-10-19-39(31)44-40(32)38)27-20-22-30-28-12-5-8-16-34(28)42(3,4)37(30)25-27/h5-25H,1-4H3. The summed E-state index contributed by atoms with van der Waals surface area (Å²) in [5.74, 6) is 0. The van der Waals surface area contributed by atoms with Crippen LogP contribution in [0.2, 0.25) is 0 Å². The first-order valence-corrected chi connectivity index (χ1v) is 16.3. The predicted octanol–water partition coefficient (Wildman–Crippen LogP) is 12.1. The van der Waals surface area contributed by atoms with Gasteiger partial charge < -0.3 is 4.90 Å². The number of nitrogens with zero attached hydrogens (tertiary/aromatic N) is 1. The molecule has 44 heavy (non-hydrogen) atoms. The molecule has 1 nitrogen and oxygen atoms in total. The number of anilines is 3. The molecule has 0 spiro atoms. The van der Waals surface area contributed by atoms with Gasteiger partial charge in [0, 0.05) is 37.7 Å². The van der Waals surface area contributed by atoms with Gasteiger partial charge in [-0.05, 0) is 80.9 Å². The fourth-order valence-electron chi connectivity index (χ4n) is 8.01. The minimum absolute atomic E-state index is 0.0237. The Balaban J connectivity index is 1.31. The number of benzene rings is 6. The Bertz CT molecular complexity index is 2300. The van der Waals surface area contributed by atoms with Crippen LogP contribution >= 0.6 is 11.3 Å². The van der Waals surface area contributed by atoms with Gasteiger partial charge in [-0.3, -0.25) is 0 Å². The van der Waals surface area contributed by atoms with E-state index in [-0.39, 0.29) is 10.8 Å². The molecule has 0 atom stereocenters. The Morgan fingerprint density at radius 3 is 1.82 bits per heavy atom. The third-order valence-electron chi connectivity index (χ3n) is 10.3. The van der Waals surface area contributed by atoms with Crippen molar-refractivity contribution >= 4 is 48.6 Å². The van der Waals surface area contributed by atoms with E-state index in [0.717, 1.165) is 0 Å². The lowest BCUT2D eigenvalue weighted by atomic mass is 9.82. The molecule has 9 rings (SSSR count). The number of hydrogen-bond donors (Lipinski definition) is 0. The van der Waals surface area contributed by atoms with Crippen LogP contribution < -0.4 is 4.90 Å². The normalized spacial score (nSPS) is 15.2.